The lowest BCUT2D eigenvalue weighted by Crippen LogP contribution is -2.19. The molecule has 0 saturated carbocycles. The van der Waals surface area contributed by atoms with Crippen molar-refractivity contribution in [2.45, 2.75) is 10.1 Å². The second-order valence-electron chi connectivity index (χ2n) is 7.73. The van der Waals surface area contributed by atoms with E-state index in [2.05, 4.69) is 10.6 Å². The molecule has 2 amide bonds. The van der Waals surface area contributed by atoms with E-state index in [1.807, 2.05) is 42.5 Å². The summed E-state index contributed by atoms with van der Waals surface area (Å²) in [6.07, 6.45) is 0. The minimum atomic E-state index is -0.535. The zero-order valence-electron chi connectivity index (χ0n) is 19.2. The Hall–Kier alpha value is -3.81. The third kappa shape index (κ3) is 6.44. The van der Waals surface area contributed by atoms with Gasteiger partial charge in [0.1, 0.15) is 16.8 Å². The molecule has 2 N–H and O–H groups in total. The van der Waals surface area contributed by atoms with E-state index in [1.54, 1.807) is 30.3 Å². The number of halogens is 2. The van der Waals surface area contributed by atoms with Gasteiger partial charge in [-0.2, -0.15) is 0 Å². The molecule has 8 heteroatoms. The number of rotatable bonds is 8. The van der Waals surface area contributed by atoms with Crippen molar-refractivity contribution in [1.82, 2.24) is 0 Å². The number of hydrogen-bond donors (Lipinski definition) is 2. The highest BCUT2D eigenvalue weighted by atomic mass is 35.5. The molecule has 0 aliphatic rings. The molecule has 5 nitrogen and oxygen atoms in total. The van der Waals surface area contributed by atoms with E-state index < -0.39 is 11.1 Å². The molecule has 1 unspecified atom stereocenters. The summed E-state index contributed by atoms with van der Waals surface area (Å²) in [5.74, 6) is -0.425. The maximum atomic E-state index is 13.3. The Labute approximate surface area is 217 Å². The van der Waals surface area contributed by atoms with Crippen LogP contribution in [0.4, 0.5) is 15.8 Å². The molecule has 4 aromatic rings. The maximum Gasteiger partial charge on any atom is 0.255 e. The molecule has 0 heterocycles. The number of nitrogens with one attached hydrogen (secondary N) is 2. The molecule has 0 saturated heterocycles. The molecule has 0 radical (unpaired) electrons. The van der Waals surface area contributed by atoms with Crippen molar-refractivity contribution >= 4 is 46.6 Å². The summed E-state index contributed by atoms with van der Waals surface area (Å²) in [4.78, 5) is 26.5. The smallest absolute Gasteiger partial charge is 0.255 e. The van der Waals surface area contributed by atoms with Gasteiger partial charge in [0.2, 0.25) is 5.91 Å². The van der Waals surface area contributed by atoms with Gasteiger partial charge in [0.05, 0.1) is 12.1 Å². The van der Waals surface area contributed by atoms with Crippen molar-refractivity contribution in [3.8, 4) is 5.75 Å². The lowest BCUT2D eigenvalue weighted by molar-refractivity contribution is -0.115. The number of ether oxygens (including phenoxy) is 1. The third-order valence-electron chi connectivity index (χ3n) is 5.23. The van der Waals surface area contributed by atoms with E-state index in [1.165, 1.54) is 43.1 Å². The van der Waals surface area contributed by atoms with Gasteiger partial charge >= 0.3 is 0 Å². The number of carbonyl (C=O) groups is 2. The first-order chi connectivity index (χ1) is 17.4. The normalized spacial score (nSPS) is 11.4. The van der Waals surface area contributed by atoms with Gasteiger partial charge in [0.25, 0.3) is 5.91 Å². The van der Waals surface area contributed by atoms with Gasteiger partial charge in [-0.1, -0.05) is 41.9 Å². The molecule has 0 aliphatic carbocycles. The number of benzene rings is 4. The first-order valence-corrected chi connectivity index (χ1v) is 12.2. The monoisotopic (exact) mass is 520 g/mol. The van der Waals surface area contributed by atoms with E-state index in [4.69, 9.17) is 16.3 Å². The number of thioether (sulfide) groups is 1. The van der Waals surface area contributed by atoms with Gasteiger partial charge in [-0.25, -0.2) is 4.39 Å². The standard InChI is InChI=1S/C28H22ClFN2O3S/c1-35-25-16-13-22(17-24(25)29)32-28(34)26(18-5-3-2-4-6-18)36-23-14-11-21(12-15-23)31-27(33)19-7-9-20(30)10-8-19/h2-17,26H,1H3,(H,31,33)(H,32,34). The van der Waals surface area contributed by atoms with Crippen LogP contribution >= 0.6 is 23.4 Å². The van der Waals surface area contributed by atoms with E-state index in [0.29, 0.717) is 27.7 Å². The van der Waals surface area contributed by atoms with Crippen LogP contribution < -0.4 is 15.4 Å². The Balaban J connectivity index is 1.48. The van der Waals surface area contributed by atoms with Crippen LogP contribution in [0.1, 0.15) is 21.2 Å². The number of carbonyl (C=O) groups excluding carboxylic acids is 2. The van der Waals surface area contributed by atoms with E-state index >= 15 is 0 Å². The fourth-order valence-electron chi connectivity index (χ4n) is 3.41. The molecule has 36 heavy (non-hydrogen) atoms. The second kappa shape index (κ2) is 11.7. The molecule has 182 valence electrons. The first kappa shape index (κ1) is 25.3. The minimum Gasteiger partial charge on any atom is -0.495 e. The van der Waals surface area contributed by atoms with Crippen molar-refractivity contribution in [1.29, 1.82) is 0 Å². The van der Waals surface area contributed by atoms with Crippen molar-refractivity contribution in [3.05, 3.63) is 119 Å². The topological polar surface area (TPSA) is 67.4 Å². The van der Waals surface area contributed by atoms with Crippen molar-refractivity contribution < 1.29 is 18.7 Å². The molecular formula is C28H22ClFN2O3S. The average molecular weight is 521 g/mol. The number of amides is 2. The van der Waals surface area contributed by atoms with Gasteiger partial charge < -0.3 is 15.4 Å². The lowest BCUT2D eigenvalue weighted by atomic mass is 10.1. The molecule has 0 aromatic heterocycles. The maximum absolute atomic E-state index is 13.3. The summed E-state index contributed by atoms with van der Waals surface area (Å²) in [5, 5.41) is 5.58. The van der Waals surface area contributed by atoms with Crippen LogP contribution in [0.2, 0.25) is 5.02 Å². The highest BCUT2D eigenvalue weighted by molar-refractivity contribution is 8.00. The van der Waals surface area contributed by atoms with Crippen LogP contribution in [-0.2, 0) is 4.79 Å². The van der Waals surface area contributed by atoms with Gasteiger partial charge in [-0.15, -0.1) is 11.8 Å². The van der Waals surface area contributed by atoms with Gasteiger partial charge in [-0.3, -0.25) is 9.59 Å². The molecule has 0 fully saturated rings. The fraction of sp³-hybridized carbons (Fsp3) is 0.0714. The average Bonchev–Trinajstić information content (AvgIpc) is 2.89. The van der Waals surface area contributed by atoms with E-state index in [0.717, 1.165) is 10.5 Å². The van der Waals surface area contributed by atoms with Crippen LogP contribution in [-0.4, -0.2) is 18.9 Å². The number of hydrogen-bond acceptors (Lipinski definition) is 4. The zero-order valence-corrected chi connectivity index (χ0v) is 20.8. The molecule has 0 aliphatic heterocycles. The van der Waals surface area contributed by atoms with E-state index in [9.17, 15) is 14.0 Å². The summed E-state index contributed by atoms with van der Waals surface area (Å²) in [6.45, 7) is 0. The second-order valence-corrected chi connectivity index (χ2v) is 9.32. The minimum absolute atomic E-state index is 0.207. The zero-order chi connectivity index (χ0) is 25.5. The predicted molar refractivity (Wildman–Crippen MR) is 142 cm³/mol. The van der Waals surface area contributed by atoms with Gasteiger partial charge in [0, 0.05) is 21.8 Å². The van der Waals surface area contributed by atoms with Crippen LogP contribution in [0.25, 0.3) is 0 Å². The summed E-state index contributed by atoms with van der Waals surface area (Å²) in [6, 6.07) is 27.0. The SMILES string of the molecule is COc1ccc(NC(=O)C(Sc2ccc(NC(=O)c3ccc(F)cc3)cc2)c2ccccc2)cc1Cl. The quantitative estimate of drug-likeness (QED) is 0.241. The largest absolute Gasteiger partial charge is 0.495 e. The van der Waals surface area contributed by atoms with Crippen molar-refractivity contribution in [2.75, 3.05) is 17.7 Å². The first-order valence-electron chi connectivity index (χ1n) is 11.0. The van der Waals surface area contributed by atoms with Crippen LogP contribution in [0.15, 0.2) is 102 Å². The number of anilines is 2. The van der Waals surface area contributed by atoms with E-state index in [-0.39, 0.29) is 11.8 Å². The fourth-order valence-corrected chi connectivity index (χ4v) is 4.69. The molecule has 1 atom stereocenters. The summed E-state index contributed by atoms with van der Waals surface area (Å²) in [5.41, 5.74) is 2.34. The summed E-state index contributed by atoms with van der Waals surface area (Å²) in [7, 11) is 1.53. The van der Waals surface area contributed by atoms with Crippen molar-refractivity contribution in [3.63, 3.8) is 0 Å². The van der Waals surface area contributed by atoms with Gasteiger partial charge in [0.15, 0.2) is 0 Å². The Morgan fingerprint density at radius 2 is 1.53 bits per heavy atom. The Kier molecular flexibility index (Phi) is 8.25. The van der Waals surface area contributed by atoms with Crippen LogP contribution in [0.3, 0.4) is 0 Å². The molecular weight excluding hydrogens is 499 g/mol. The number of methoxy groups -OCH3 is 1. The lowest BCUT2D eigenvalue weighted by Gasteiger charge is -2.18. The van der Waals surface area contributed by atoms with Crippen LogP contribution in [0.5, 0.6) is 5.75 Å². The molecule has 0 bridgehead atoms. The summed E-state index contributed by atoms with van der Waals surface area (Å²) >= 11 is 7.59. The third-order valence-corrected chi connectivity index (χ3v) is 6.79. The van der Waals surface area contributed by atoms with Gasteiger partial charge in [-0.05, 0) is 72.3 Å². The molecule has 4 aromatic carbocycles. The van der Waals surface area contributed by atoms with Crippen molar-refractivity contribution in [2.24, 2.45) is 0 Å². The summed E-state index contributed by atoms with van der Waals surface area (Å²) < 4.78 is 18.3. The predicted octanol–water partition coefficient (Wildman–Crippen LogP) is 7.21. The van der Waals surface area contributed by atoms with Crippen LogP contribution in [0, 0.1) is 5.82 Å². The Morgan fingerprint density at radius 3 is 2.17 bits per heavy atom. The molecule has 0 spiro atoms. The highest BCUT2D eigenvalue weighted by Gasteiger charge is 2.22. The Morgan fingerprint density at radius 1 is 0.861 bits per heavy atom. The highest BCUT2D eigenvalue weighted by Crippen LogP contribution is 2.37. The molecule has 4 rings (SSSR count). The Bertz CT molecular complexity index is 1350.